The maximum absolute atomic E-state index is 12.0. The molecule has 124 valence electrons. The van der Waals surface area contributed by atoms with E-state index >= 15 is 0 Å². The molecule has 0 amide bonds. The number of carbonyl (C=O) groups excluding carboxylic acids is 1. The molecule has 0 bridgehead atoms. The second-order valence-corrected chi connectivity index (χ2v) is 7.31. The molecule has 0 fully saturated rings. The van der Waals surface area contributed by atoms with Gasteiger partial charge in [-0.2, -0.15) is 0 Å². The summed E-state index contributed by atoms with van der Waals surface area (Å²) < 4.78 is 5.36. The highest BCUT2D eigenvalue weighted by Crippen LogP contribution is 2.24. The molecule has 0 saturated carbocycles. The SMILES string of the molecule is CC(C)(C)OC(=O)c1ccc(CNc2ncnc3sccc23)cc1. The third-order valence-corrected chi connectivity index (χ3v) is 4.13. The number of hydrogen-bond donors (Lipinski definition) is 1. The van der Waals surface area contributed by atoms with Gasteiger partial charge in [-0.3, -0.25) is 0 Å². The fraction of sp³-hybridized carbons (Fsp3) is 0.278. The topological polar surface area (TPSA) is 64.1 Å². The normalized spacial score (nSPS) is 11.5. The van der Waals surface area contributed by atoms with Gasteiger partial charge in [0.25, 0.3) is 0 Å². The molecule has 3 aromatic rings. The quantitative estimate of drug-likeness (QED) is 0.718. The molecule has 2 heterocycles. The molecule has 0 atom stereocenters. The predicted octanol–water partition coefficient (Wildman–Crippen LogP) is 4.26. The number of aromatic nitrogens is 2. The lowest BCUT2D eigenvalue weighted by atomic mass is 10.1. The summed E-state index contributed by atoms with van der Waals surface area (Å²) >= 11 is 1.59. The molecular formula is C18H19N3O2S. The van der Waals surface area contributed by atoms with Crippen molar-refractivity contribution < 1.29 is 9.53 Å². The number of rotatable bonds is 4. The van der Waals surface area contributed by atoms with Crippen LogP contribution in [0.25, 0.3) is 10.2 Å². The molecule has 0 saturated heterocycles. The van der Waals surface area contributed by atoms with E-state index in [9.17, 15) is 4.79 Å². The van der Waals surface area contributed by atoms with E-state index in [4.69, 9.17) is 4.74 Å². The van der Waals surface area contributed by atoms with Crippen molar-refractivity contribution in [3.05, 3.63) is 53.2 Å². The van der Waals surface area contributed by atoms with Crippen LogP contribution < -0.4 is 5.32 Å². The van der Waals surface area contributed by atoms with Gasteiger partial charge < -0.3 is 10.1 Å². The maximum atomic E-state index is 12.0. The van der Waals surface area contributed by atoms with Gasteiger partial charge in [0.2, 0.25) is 0 Å². The van der Waals surface area contributed by atoms with E-state index in [1.54, 1.807) is 29.8 Å². The number of benzene rings is 1. The van der Waals surface area contributed by atoms with E-state index in [0.29, 0.717) is 12.1 Å². The van der Waals surface area contributed by atoms with Crippen LogP contribution in [-0.2, 0) is 11.3 Å². The molecular weight excluding hydrogens is 322 g/mol. The van der Waals surface area contributed by atoms with E-state index in [0.717, 1.165) is 21.6 Å². The molecule has 0 aliphatic carbocycles. The summed E-state index contributed by atoms with van der Waals surface area (Å²) in [5.41, 5.74) is 1.12. The molecule has 1 N–H and O–H groups in total. The van der Waals surface area contributed by atoms with Gasteiger partial charge in [0.05, 0.1) is 10.9 Å². The summed E-state index contributed by atoms with van der Waals surface area (Å²) in [5.74, 6) is 0.510. The lowest BCUT2D eigenvalue weighted by Crippen LogP contribution is -2.23. The van der Waals surface area contributed by atoms with Gasteiger partial charge >= 0.3 is 5.97 Å². The van der Waals surface area contributed by atoms with Crippen molar-refractivity contribution in [2.75, 3.05) is 5.32 Å². The zero-order valence-electron chi connectivity index (χ0n) is 13.9. The third-order valence-electron chi connectivity index (χ3n) is 3.31. The minimum atomic E-state index is -0.490. The van der Waals surface area contributed by atoms with Crippen LogP contribution in [0, 0.1) is 0 Å². The Morgan fingerprint density at radius 2 is 1.92 bits per heavy atom. The van der Waals surface area contributed by atoms with Crippen molar-refractivity contribution in [1.29, 1.82) is 0 Å². The highest BCUT2D eigenvalue weighted by atomic mass is 32.1. The number of nitrogens with zero attached hydrogens (tertiary/aromatic N) is 2. The fourth-order valence-electron chi connectivity index (χ4n) is 2.21. The second kappa shape index (κ2) is 6.57. The molecule has 5 nitrogen and oxygen atoms in total. The summed E-state index contributed by atoms with van der Waals surface area (Å²) in [6, 6.07) is 9.40. The number of thiophene rings is 1. The minimum Gasteiger partial charge on any atom is -0.456 e. The summed E-state index contributed by atoms with van der Waals surface area (Å²) in [6.45, 7) is 6.19. The number of fused-ring (bicyclic) bond motifs is 1. The van der Waals surface area contributed by atoms with E-state index in [-0.39, 0.29) is 5.97 Å². The van der Waals surface area contributed by atoms with Crippen LogP contribution in [0.15, 0.2) is 42.0 Å². The van der Waals surface area contributed by atoms with Gasteiger partial charge in [-0.05, 0) is 49.9 Å². The first-order valence-electron chi connectivity index (χ1n) is 7.67. The predicted molar refractivity (Wildman–Crippen MR) is 96.4 cm³/mol. The summed E-state index contributed by atoms with van der Waals surface area (Å²) in [4.78, 5) is 21.5. The van der Waals surface area contributed by atoms with Crippen molar-refractivity contribution >= 4 is 33.3 Å². The van der Waals surface area contributed by atoms with Crippen LogP contribution in [0.2, 0.25) is 0 Å². The van der Waals surface area contributed by atoms with Crippen LogP contribution in [0.5, 0.6) is 0 Å². The summed E-state index contributed by atoms with van der Waals surface area (Å²) in [6.07, 6.45) is 1.56. The largest absolute Gasteiger partial charge is 0.456 e. The maximum Gasteiger partial charge on any atom is 0.338 e. The first-order chi connectivity index (χ1) is 11.4. The zero-order chi connectivity index (χ0) is 17.2. The number of esters is 1. The Hall–Kier alpha value is -2.47. The molecule has 0 aliphatic heterocycles. The van der Waals surface area contributed by atoms with Gasteiger partial charge in [0, 0.05) is 6.54 Å². The number of anilines is 1. The average molecular weight is 341 g/mol. The highest BCUT2D eigenvalue weighted by Gasteiger charge is 2.17. The van der Waals surface area contributed by atoms with Gasteiger partial charge in [0.1, 0.15) is 22.6 Å². The highest BCUT2D eigenvalue weighted by molar-refractivity contribution is 7.16. The number of nitrogens with one attached hydrogen (secondary N) is 1. The van der Waals surface area contributed by atoms with E-state index in [1.165, 1.54) is 0 Å². The lowest BCUT2D eigenvalue weighted by molar-refractivity contribution is 0.00695. The molecule has 0 aliphatic rings. The van der Waals surface area contributed by atoms with Gasteiger partial charge in [-0.25, -0.2) is 14.8 Å². The molecule has 24 heavy (non-hydrogen) atoms. The Kier molecular flexibility index (Phi) is 4.49. The molecule has 2 aromatic heterocycles. The summed E-state index contributed by atoms with van der Waals surface area (Å²) in [7, 11) is 0. The minimum absolute atomic E-state index is 0.308. The van der Waals surface area contributed by atoms with E-state index in [1.807, 2.05) is 44.4 Å². The van der Waals surface area contributed by atoms with Gasteiger partial charge in [-0.15, -0.1) is 11.3 Å². The van der Waals surface area contributed by atoms with Gasteiger partial charge in [-0.1, -0.05) is 12.1 Å². The van der Waals surface area contributed by atoms with Crippen LogP contribution in [0.3, 0.4) is 0 Å². The Morgan fingerprint density at radius 1 is 1.17 bits per heavy atom. The first-order valence-corrected chi connectivity index (χ1v) is 8.55. The Bertz CT molecular complexity index is 851. The van der Waals surface area contributed by atoms with Crippen LogP contribution >= 0.6 is 11.3 Å². The van der Waals surface area contributed by atoms with E-state index in [2.05, 4.69) is 15.3 Å². The number of hydrogen-bond acceptors (Lipinski definition) is 6. The fourth-order valence-corrected chi connectivity index (χ4v) is 2.95. The van der Waals surface area contributed by atoms with Crippen molar-refractivity contribution in [1.82, 2.24) is 9.97 Å². The zero-order valence-corrected chi connectivity index (χ0v) is 14.7. The number of ether oxygens (including phenoxy) is 1. The monoisotopic (exact) mass is 341 g/mol. The number of carbonyl (C=O) groups is 1. The first kappa shape index (κ1) is 16.4. The van der Waals surface area contributed by atoms with Gasteiger partial charge in [0.15, 0.2) is 0 Å². The van der Waals surface area contributed by atoms with Crippen molar-refractivity contribution in [2.45, 2.75) is 32.9 Å². The smallest absolute Gasteiger partial charge is 0.338 e. The van der Waals surface area contributed by atoms with Crippen LogP contribution in [0.4, 0.5) is 5.82 Å². The third kappa shape index (κ3) is 3.89. The lowest BCUT2D eigenvalue weighted by Gasteiger charge is -2.19. The second-order valence-electron chi connectivity index (χ2n) is 6.41. The standard InChI is InChI=1S/C18H19N3O2S/c1-18(2,3)23-17(22)13-6-4-12(5-7-13)10-19-15-14-8-9-24-16(14)21-11-20-15/h4-9,11H,10H2,1-3H3,(H,19,20,21). The summed E-state index contributed by atoms with van der Waals surface area (Å²) in [5, 5.41) is 6.34. The van der Waals surface area contributed by atoms with E-state index < -0.39 is 5.60 Å². The molecule has 0 unspecified atom stereocenters. The molecule has 1 aromatic carbocycles. The van der Waals surface area contributed by atoms with Crippen LogP contribution in [-0.4, -0.2) is 21.5 Å². The van der Waals surface area contributed by atoms with Crippen molar-refractivity contribution in [3.63, 3.8) is 0 Å². The average Bonchev–Trinajstić information content (AvgIpc) is 3.01. The van der Waals surface area contributed by atoms with Crippen LogP contribution in [0.1, 0.15) is 36.7 Å². The van der Waals surface area contributed by atoms with Crippen molar-refractivity contribution in [2.24, 2.45) is 0 Å². The Morgan fingerprint density at radius 3 is 2.62 bits per heavy atom. The molecule has 0 spiro atoms. The Labute approximate surface area is 144 Å². The molecule has 6 heteroatoms. The van der Waals surface area contributed by atoms with Crippen molar-refractivity contribution in [3.8, 4) is 0 Å². The Balaban J connectivity index is 1.66. The molecule has 0 radical (unpaired) electrons. The molecule has 3 rings (SSSR count).